The Morgan fingerprint density at radius 2 is 2.06 bits per heavy atom. The molecule has 0 spiro atoms. The third kappa shape index (κ3) is 1.96. The summed E-state index contributed by atoms with van der Waals surface area (Å²) in [4.78, 5) is 0.0404. The topological polar surface area (TPSA) is 34.1 Å². The molecule has 1 fully saturated rings. The lowest BCUT2D eigenvalue weighted by Crippen LogP contribution is -2.18. The van der Waals surface area contributed by atoms with E-state index in [1.165, 1.54) is 19.1 Å². The van der Waals surface area contributed by atoms with Gasteiger partial charge in [-0.2, -0.15) is 0 Å². The van der Waals surface area contributed by atoms with Crippen LogP contribution in [-0.4, -0.2) is 14.6 Å². The highest BCUT2D eigenvalue weighted by molar-refractivity contribution is 8.13. The number of rotatable bonds is 3. The maximum atomic E-state index is 13.5. The van der Waals surface area contributed by atoms with Gasteiger partial charge in [0.2, 0.25) is 0 Å². The Balaban J connectivity index is 2.45. The van der Waals surface area contributed by atoms with Gasteiger partial charge in [-0.1, -0.05) is 12.1 Å². The van der Waals surface area contributed by atoms with Gasteiger partial charge in [-0.25, -0.2) is 12.8 Å². The molecule has 0 saturated heterocycles. The molecule has 0 bridgehead atoms. The molecule has 1 aliphatic rings. The fraction of sp³-hybridized carbons (Fsp3) is 0.455. The zero-order valence-electron chi connectivity index (χ0n) is 8.78. The van der Waals surface area contributed by atoms with Crippen molar-refractivity contribution in [1.29, 1.82) is 0 Å². The van der Waals surface area contributed by atoms with E-state index in [1.807, 2.05) is 0 Å². The van der Waals surface area contributed by atoms with Crippen molar-refractivity contribution in [2.75, 3.05) is 0 Å². The molecule has 1 unspecified atom stereocenters. The molecular formula is C11H12ClFO2S. The summed E-state index contributed by atoms with van der Waals surface area (Å²) in [5, 5.41) is 0. The molecular weight excluding hydrogens is 251 g/mol. The Hall–Kier alpha value is -0.610. The van der Waals surface area contributed by atoms with Gasteiger partial charge in [-0.05, 0) is 37.5 Å². The Labute approximate surface area is 98.8 Å². The molecule has 0 aromatic heterocycles. The lowest BCUT2D eigenvalue weighted by atomic mass is 9.92. The van der Waals surface area contributed by atoms with Crippen LogP contribution in [0.4, 0.5) is 4.39 Å². The van der Waals surface area contributed by atoms with E-state index in [-0.39, 0.29) is 4.90 Å². The van der Waals surface area contributed by atoms with Crippen LogP contribution in [0.2, 0.25) is 0 Å². The Morgan fingerprint density at radius 3 is 2.50 bits per heavy atom. The van der Waals surface area contributed by atoms with Gasteiger partial charge in [0, 0.05) is 16.1 Å². The number of benzene rings is 1. The Kier molecular flexibility index (Phi) is 2.75. The molecule has 16 heavy (non-hydrogen) atoms. The van der Waals surface area contributed by atoms with E-state index in [9.17, 15) is 12.8 Å². The van der Waals surface area contributed by atoms with Crippen molar-refractivity contribution in [3.05, 3.63) is 29.8 Å². The van der Waals surface area contributed by atoms with E-state index in [0.29, 0.717) is 0 Å². The predicted octanol–water partition coefficient (Wildman–Crippen LogP) is 3.00. The SMILES string of the molecule is CC(F)C1(c2cccc(S(=O)(=O)Cl)c2)CC1. The molecule has 2 nitrogen and oxygen atoms in total. The van der Waals surface area contributed by atoms with Crippen LogP contribution < -0.4 is 0 Å². The van der Waals surface area contributed by atoms with Crippen molar-refractivity contribution in [2.24, 2.45) is 0 Å². The van der Waals surface area contributed by atoms with E-state index in [2.05, 4.69) is 0 Å². The number of alkyl halides is 1. The summed E-state index contributed by atoms with van der Waals surface area (Å²) in [5.74, 6) is 0. The summed E-state index contributed by atoms with van der Waals surface area (Å²) >= 11 is 0. The van der Waals surface area contributed by atoms with Crippen LogP contribution in [0, 0.1) is 0 Å². The van der Waals surface area contributed by atoms with E-state index >= 15 is 0 Å². The second kappa shape index (κ2) is 3.70. The van der Waals surface area contributed by atoms with Crippen molar-refractivity contribution < 1.29 is 12.8 Å². The average molecular weight is 263 g/mol. The molecule has 1 atom stereocenters. The van der Waals surface area contributed by atoms with Gasteiger partial charge in [0.25, 0.3) is 9.05 Å². The first kappa shape index (κ1) is 11.9. The van der Waals surface area contributed by atoms with E-state index in [4.69, 9.17) is 10.7 Å². The summed E-state index contributed by atoms with van der Waals surface area (Å²) in [6.45, 7) is 1.51. The lowest BCUT2D eigenvalue weighted by molar-refractivity contribution is 0.290. The number of hydrogen-bond donors (Lipinski definition) is 0. The summed E-state index contributed by atoms with van der Waals surface area (Å²) in [5.41, 5.74) is 0.238. The van der Waals surface area contributed by atoms with E-state index < -0.39 is 20.6 Å². The minimum atomic E-state index is -3.73. The molecule has 0 amide bonds. The van der Waals surface area contributed by atoms with Gasteiger partial charge in [-0.15, -0.1) is 0 Å². The van der Waals surface area contributed by atoms with Gasteiger partial charge in [-0.3, -0.25) is 0 Å². The van der Waals surface area contributed by atoms with Gasteiger partial charge in [0.15, 0.2) is 0 Å². The molecule has 0 heterocycles. The second-order valence-corrected chi connectivity index (χ2v) is 6.80. The molecule has 0 aliphatic heterocycles. The normalized spacial score (nSPS) is 20.4. The fourth-order valence-electron chi connectivity index (χ4n) is 2.01. The Morgan fingerprint density at radius 1 is 1.44 bits per heavy atom. The maximum absolute atomic E-state index is 13.5. The first-order valence-electron chi connectivity index (χ1n) is 5.05. The maximum Gasteiger partial charge on any atom is 0.261 e. The molecule has 0 radical (unpaired) electrons. The number of halogens is 2. The Bertz CT molecular complexity index is 506. The van der Waals surface area contributed by atoms with Crippen molar-refractivity contribution in [2.45, 2.75) is 36.2 Å². The molecule has 2 rings (SSSR count). The first-order chi connectivity index (χ1) is 7.36. The predicted molar refractivity (Wildman–Crippen MR) is 61.0 cm³/mol. The van der Waals surface area contributed by atoms with E-state index in [0.717, 1.165) is 18.4 Å². The molecule has 1 aromatic rings. The van der Waals surface area contributed by atoms with Crippen LogP contribution >= 0.6 is 10.7 Å². The summed E-state index contributed by atoms with van der Waals surface area (Å²) < 4.78 is 35.8. The highest BCUT2D eigenvalue weighted by Gasteiger charge is 2.49. The smallest absolute Gasteiger partial charge is 0.247 e. The summed E-state index contributed by atoms with van der Waals surface area (Å²) in [7, 11) is 1.53. The lowest BCUT2D eigenvalue weighted by Gasteiger charge is -2.17. The van der Waals surface area contributed by atoms with Crippen molar-refractivity contribution >= 4 is 19.7 Å². The molecule has 1 saturated carbocycles. The average Bonchev–Trinajstić information content (AvgIpc) is 2.97. The highest BCUT2D eigenvalue weighted by atomic mass is 35.7. The molecule has 1 aliphatic carbocycles. The van der Waals surface area contributed by atoms with Crippen LogP contribution in [-0.2, 0) is 14.5 Å². The molecule has 5 heteroatoms. The minimum absolute atomic E-state index is 0.0404. The highest BCUT2D eigenvalue weighted by Crippen LogP contribution is 2.52. The third-order valence-electron chi connectivity index (χ3n) is 3.24. The van der Waals surface area contributed by atoms with Crippen molar-refractivity contribution in [1.82, 2.24) is 0 Å². The van der Waals surface area contributed by atoms with Gasteiger partial charge >= 0.3 is 0 Å². The zero-order chi connectivity index (χ0) is 12.0. The monoisotopic (exact) mass is 262 g/mol. The fourth-order valence-corrected chi connectivity index (χ4v) is 2.81. The summed E-state index contributed by atoms with van der Waals surface area (Å²) in [6, 6.07) is 6.26. The molecule has 0 N–H and O–H groups in total. The van der Waals surface area contributed by atoms with Crippen molar-refractivity contribution in [3.63, 3.8) is 0 Å². The largest absolute Gasteiger partial charge is 0.261 e. The van der Waals surface area contributed by atoms with E-state index in [1.54, 1.807) is 12.1 Å². The molecule has 88 valence electrons. The van der Waals surface area contributed by atoms with Gasteiger partial charge < -0.3 is 0 Å². The van der Waals surface area contributed by atoms with Crippen LogP contribution in [0.25, 0.3) is 0 Å². The van der Waals surface area contributed by atoms with Crippen LogP contribution in [0.1, 0.15) is 25.3 Å². The van der Waals surface area contributed by atoms with Crippen LogP contribution in [0.5, 0.6) is 0 Å². The van der Waals surface area contributed by atoms with Crippen LogP contribution in [0.15, 0.2) is 29.2 Å². The zero-order valence-corrected chi connectivity index (χ0v) is 10.4. The first-order valence-corrected chi connectivity index (χ1v) is 7.36. The van der Waals surface area contributed by atoms with Gasteiger partial charge in [0.05, 0.1) is 4.90 Å². The van der Waals surface area contributed by atoms with Crippen LogP contribution in [0.3, 0.4) is 0 Å². The molecule has 1 aromatic carbocycles. The van der Waals surface area contributed by atoms with Gasteiger partial charge in [0.1, 0.15) is 6.17 Å². The number of hydrogen-bond acceptors (Lipinski definition) is 2. The third-order valence-corrected chi connectivity index (χ3v) is 4.59. The minimum Gasteiger partial charge on any atom is -0.247 e. The quantitative estimate of drug-likeness (QED) is 0.785. The van der Waals surface area contributed by atoms with Crippen molar-refractivity contribution in [3.8, 4) is 0 Å². The second-order valence-electron chi connectivity index (χ2n) is 4.24. The summed E-state index contributed by atoms with van der Waals surface area (Å²) in [6.07, 6.45) is 0.549. The standard InChI is InChI=1S/C11H12ClFO2S/c1-8(13)11(5-6-11)9-3-2-4-10(7-9)16(12,14)15/h2-4,7-8H,5-6H2,1H3.